The van der Waals surface area contributed by atoms with E-state index >= 15 is 0 Å². The van der Waals surface area contributed by atoms with Crippen LogP contribution in [0.4, 0.5) is 0 Å². The third-order valence-corrected chi connectivity index (χ3v) is 6.59. The van der Waals surface area contributed by atoms with Crippen LogP contribution in [0.15, 0.2) is 54.8 Å². The van der Waals surface area contributed by atoms with Gasteiger partial charge in [-0.05, 0) is 50.3 Å². The molecule has 27 heavy (non-hydrogen) atoms. The van der Waals surface area contributed by atoms with Crippen molar-refractivity contribution >= 4 is 28.9 Å². The lowest BCUT2D eigenvalue weighted by molar-refractivity contribution is -0.128. The van der Waals surface area contributed by atoms with Crippen LogP contribution in [0.3, 0.4) is 0 Å². The van der Waals surface area contributed by atoms with Gasteiger partial charge in [0.1, 0.15) is 5.37 Å². The Bertz CT molecular complexity index is 887. The highest BCUT2D eigenvalue weighted by Gasteiger charge is 2.38. The van der Waals surface area contributed by atoms with E-state index in [4.69, 9.17) is 5.10 Å². The Balaban J connectivity index is 1.79. The summed E-state index contributed by atoms with van der Waals surface area (Å²) in [5.74, 6) is 0.190. The van der Waals surface area contributed by atoms with E-state index in [9.17, 15) is 4.79 Å². The molecule has 1 aromatic heterocycles. The summed E-state index contributed by atoms with van der Waals surface area (Å²) < 4.78 is 1.97. The van der Waals surface area contributed by atoms with Crippen molar-refractivity contribution in [3.63, 3.8) is 0 Å². The summed E-state index contributed by atoms with van der Waals surface area (Å²) in [6.45, 7) is 1.99. The third kappa shape index (κ3) is 3.61. The van der Waals surface area contributed by atoms with Gasteiger partial charge in [0, 0.05) is 18.8 Å². The highest BCUT2D eigenvalue weighted by Crippen LogP contribution is 2.44. The molecule has 1 fully saturated rings. The van der Waals surface area contributed by atoms with Gasteiger partial charge < -0.3 is 4.90 Å². The highest BCUT2D eigenvalue weighted by atomic mass is 32.2. The fourth-order valence-electron chi connectivity index (χ4n) is 3.66. The smallest absolute Gasteiger partial charge is 0.236 e. The van der Waals surface area contributed by atoms with Gasteiger partial charge in [-0.3, -0.25) is 4.79 Å². The van der Waals surface area contributed by atoms with Gasteiger partial charge in [0.15, 0.2) is 0 Å². The number of amides is 1. The lowest BCUT2D eigenvalue weighted by Gasteiger charge is -2.19. The van der Waals surface area contributed by atoms with Crippen molar-refractivity contribution in [3.8, 4) is 0 Å². The van der Waals surface area contributed by atoms with Crippen LogP contribution in [0.2, 0.25) is 0 Å². The van der Waals surface area contributed by atoms with E-state index < -0.39 is 0 Å². The molecule has 1 aromatic rings. The van der Waals surface area contributed by atoms with Crippen molar-refractivity contribution < 1.29 is 4.79 Å². The number of carbonyl (C=O) groups excluding carboxylic acids is 1. The van der Waals surface area contributed by atoms with Gasteiger partial charge in [-0.1, -0.05) is 36.5 Å². The molecule has 2 atom stereocenters. The first kappa shape index (κ1) is 18.1. The van der Waals surface area contributed by atoms with Crippen molar-refractivity contribution in [1.29, 1.82) is 0 Å². The zero-order valence-electron chi connectivity index (χ0n) is 15.8. The molecule has 140 valence electrons. The minimum absolute atomic E-state index is 0.00952. The second kappa shape index (κ2) is 7.77. The average molecular weight is 380 g/mol. The summed E-state index contributed by atoms with van der Waals surface area (Å²) in [7, 11) is 1.90. The predicted octanol–water partition coefficient (Wildman–Crippen LogP) is 4.96. The first-order valence-corrected chi connectivity index (χ1v) is 10.5. The zero-order valence-corrected chi connectivity index (χ0v) is 16.7. The van der Waals surface area contributed by atoms with Crippen molar-refractivity contribution in [2.75, 3.05) is 7.05 Å². The summed E-state index contributed by atoms with van der Waals surface area (Å²) in [5.41, 5.74) is 4.46. The molecule has 0 saturated carbocycles. The summed E-state index contributed by atoms with van der Waals surface area (Å²) in [4.78, 5) is 14.3. The number of hydrogen-bond donors (Lipinski definition) is 0. The van der Waals surface area contributed by atoms with Crippen molar-refractivity contribution in [3.05, 3.63) is 66.1 Å². The minimum atomic E-state index is -0.0147. The first-order chi connectivity index (χ1) is 13.1. The van der Waals surface area contributed by atoms with Gasteiger partial charge in [0.25, 0.3) is 0 Å². The molecule has 1 aliphatic heterocycles. The van der Waals surface area contributed by atoms with Crippen LogP contribution >= 0.6 is 11.8 Å². The van der Waals surface area contributed by atoms with E-state index in [0.29, 0.717) is 0 Å². The maximum Gasteiger partial charge on any atom is 0.236 e. The summed E-state index contributed by atoms with van der Waals surface area (Å²) in [5, 5.41) is 4.97. The van der Waals surface area contributed by atoms with E-state index in [2.05, 4.69) is 54.8 Å². The van der Waals surface area contributed by atoms with Gasteiger partial charge in [0.2, 0.25) is 5.91 Å². The van der Waals surface area contributed by atoms with E-state index in [1.54, 1.807) is 11.8 Å². The number of hydrogen-bond acceptors (Lipinski definition) is 3. The quantitative estimate of drug-likeness (QED) is 0.697. The van der Waals surface area contributed by atoms with E-state index in [-0.39, 0.29) is 16.5 Å². The zero-order chi connectivity index (χ0) is 18.8. The first-order valence-electron chi connectivity index (χ1n) is 9.55. The molecule has 2 unspecified atom stereocenters. The molecule has 1 amide bonds. The Hall–Kier alpha value is -2.27. The molecule has 0 bridgehead atoms. The Kier molecular flexibility index (Phi) is 5.21. The summed E-state index contributed by atoms with van der Waals surface area (Å²) in [6.07, 6.45) is 23.4. The molecular formula is C22H25N3OS. The van der Waals surface area contributed by atoms with Crippen LogP contribution in [0.5, 0.6) is 0 Å². The Morgan fingerprint density at radius 1 is 1.19 bits per heavy atom. The average Bonchev–Trinajstić information content (AvgIpc) is 2.98. The van der Waals surface area contributed by atoms with Gasteiger partial charge in [-0.15, -0.1) is 11.8 Å². The molecule has 1 saturated heterocycles. The number of thioether (sulfide) groups is 1. The topological polar surface area (TPSA) is 38.1 Å². The number of carbonyl (C=O) groups is 1. The monoisotopic (exact) mass is 379 g/mol. The van der Waals surface area contributed by atoms with Gasteiger partial charge in [-0.25, -0.2) is 4.68 Å². The maximum atomic E-state index is 12.4. The summed E-state index contributed by atoms with van der Waals surface area (Å²) >= 11 is 1.71. The lowest BCUT2D eigenvalue weighted by Crippen LogP contribution is -2.26. The fraction of sp³-hybridized carbons (Fsp3) is 0.364. The van der Waals surface area contributed by atoms with Gasteiger partial charge >= 0.3 is 0 Å². The van der Waals surface area contributed by atoms with E-state index in [0.717, 1.165) is 42.6 Å². The highest BCUT2D eigenvalue weighted by molar-refractivity contribution is 8.01. The molecule has 5 heteroatoms. The lowest BCUT2D eigenvalue weighted by atomic mass is 10.0. The number of rotatable bonds is 3. The van der Waals surface area contributed by atoms with Crippen LogP contribution in [-0.2, 0) is 4.79 Å². The number of aromatic nitrogens is 2. The minimum Gasteiger partial charge on any atom is -0.329 e. The predicted molar refractivity (Wildman–Crippen MR) is 113 cm³/mol. The van der Waals surface area contributed by atoms with Gasteiger partial charge in [0.05, 0.1) is 16.6 Å². The van der Waals surface area contributed by atoms with Crippen LogP contribution in [-0.4, -0.2) is 32.9 Å². The molecule has 4 nitrogen and oxygen atoms in total. The fourth-order valence-corrected chi connectivity index (χ4v) is 4.93. The Labute approximate surface area is 165 Å². The SMILES string of the molecule is CC1SC(c2cn(C3=CC=CCC=C3)nc2C2=CCCC=CC2)N(C)C1=O. The molecule has 3 aliphatic rings. The van der Waals surface area contributed by atoms with E-state index in [1.165, 1.54) is 5.57 Å². The standard InChI is InChI=1S/C22H25N3OS/c1-16-21(26)24(2)22(27-16)19-15-25(18-13-9-5-6-10-14-18)23-20(19)17-11-7-3-4-8-12-17/h3,5,7,9-10,12-16,22H,4,6,8,11H2,1-2H3. The van der Waals surface area contributed by atoms with Crippen LogP contribution in [0.25, 0.3) is 11.3 Å². The largest absolute Gasteiger partial charge is 0.329 e. The number of allylic oxidation sites excluding steroid dienone is 10. The number of nitrogens with zero attached hydrogens (tertiary/aromatic N) is 3. The Morgan fingerprint density at radius 3 is 2.89 bits per heavy atom. The van der Waals surface area contributed by atoms with Crippen molar-refractivity contribution in [2.45, 2.75) is 43.2 Å². The third-order valence-electron chi connectivity index (χ3n) is 5.15. The molecule has 0 aromatic carbocycles. The molecule has 4 rings (SSSR count). The molecule has 2 aliphatic carbocycles. The molecule has 0 spiro atoms. The van der Waals surface area contributed by atoms with Crippen LogP contribution in [0.1, 0.15) is 49.2 Å². The van der Waals surface area contributed by atoms with Gasteiger partial charge in [-0.2, -0.15) is 5.10 Å². The molecule has 0 radical (unpaired) electrons. The van der Waals surface area contributed by atoms with Crippen LogP contribution in [0, 0.1) is 0 Å². The molecule has 0 N–H and O–H groups in total. The second-order valence-electron chi connectivity index (χ2n) is 7.10. The summed E-state index contributed by atoms with van der Waals surface area (Å²) in [6, 6.07) is 0. The second-order valence-corrected chi connectivity index (χ2v) is 8.52. The van der Waals surface area contributed by atoms with E-state index in [1.807, 2.05) is 23.6 Å². The van der Waals surface area contributed by atoms with Crippen molar-refractivity contribution in [2.24, 2.45) is 0 Å². The maximum absolute atomic E-state index is 12.4. The Morgan fingerprint density at radius 2 is 2.07 bits per heavy atom. The van der Waals surface area contributed by atoms with Crippen LogP contribution < -0.4 is 0 Å². The molecular weight excluding hydrogens is 354 g/mol. The molecule has 2 heterocycles. The normalized spacial score (nSPS) is 25.4. The van der Waals surface area contributed by atoms with Crippen molar-refractivity contribution in [1.82, 2.24) is 14.7 Å².